The molecule has 2 aromatic rings. The number of hydrogen-bond donors (Lipinski definition) is 3. The first-order chi connectivity index (χ1) is 8.13. The van der Waals surface area contributed by atoms with Crippen molar-refractivity contribution in [3.05, 3.63) is 36.0 Å². The lowest BCUT2D eigenvalue weighted by Gasteiger charge is -2.24. The highest BCUT2D eigenvalue weighted by Crippen LogP contribution is 2.24. The van der Waals surface area contributed by atoms with Crippen LogP contribution in [0.5, 0.6) is 0 Å². The predicted molar refractivity (Wildman–Crippen MR) is 77.9 cm³/mol. The third-order valence-electron chi connectivity index (χ3n) is 3.56. The lowest BCUT2D eigenvalue weighted by Crippen LogP contribution is -2.31. The molecule has 3 atom stereocenters. The molecule has 4 N–H and O–H groups in total. The van der Waals surface area contributed by atoms with E-state index in [-0.39, 0.29) is 24.4 Å². The first-order valence-corrected chi connectivity index (χ1v) is 6.14. The van der Waals surface area contributed by atoms with Gasteiger partial charge in [-0.1, -0.05) is 32.4 Å². The summed E-state index contributed by atoms with van der Waals surface area (Å²) >= 11 is 0. The molecule has 3 nitrogen and oxygen atoms in total. The SMILES string of the molecule is CCC(C)[C@@H](O)[C@@H](N)c1ccc2cc[nH]c2c1.Cl. The first-order valence-electron chi connectivity index (χ1n) is 6.14. The van der Waals surface area contributed by atoms with Crippen molar-refractivity contribution in [1.82, 2.24) is 4.98 Å². The number of H-pyrrole nitrogens is 1. The number of nitrogens with one attached hydrogen (secondary N) is 1. The van der Waals surface area contributed by atoms with E-state index in [0.29, 0.717) is 0 Å². The highest BCUT2D eigenvalue weighted by molar-refractivity contribution is 5.85. The average Bonchev–Trinajstić information content (AvgIpc) is 2.83. The van der Waals surface area contributed by atoms with Crippen LogP contribution in [-0.4, -0.2) is 16.2 Å². The zero-order valence-electron chi connectivity index (χ0n) is 10.8. The molecule has 0 saturated carbocycles. The third kappa shape index (κ3) is 2.86. The number of aromatic nitrogens is 1. The van der Waals surface area contributed by atoms with Crippen LogP contribution in [0.4, 0.5) is 0 Å². The van der Waals surface area contributed by atoms with Crippen molar-refractivity contribution in [3.63, 3.8) is 0 Å². The largest absolute Gasteiger partial charge is 0.391 e. The smallest absolute Gasteiger partial charge is 0.0758 e. The van der Waals surface area contributed by atoms with E-state index in [9.17, 15) is 5.11 Å². The van der Waals surface area contributed by atoms with E-state index in [1.807, 2.05) is 37.4 Å². The van der Waals surface area contributed by atoms with Gasteiger partial charge in [0, 0.05) is 11.7 Å². The highest BCUT2D eigenvalue weighted by atomic mass is 35.5. The van der Waals surface area contributed by atoms with Crippen molar-refractivity contribution in [1.29, 1.82) is 0 Å². The number of aromatic amines is 1. The summed E-state index contributed by atoms with van der Waals surface area (Å²) < 4.78 is 0. The maximum atomic E-state index is 10.1. The number of halogens is 1. The highest BCUT2D eigenvalue weighted by Gasteiger charge is 2.21. The van der Waals surface area contributed by atoms with E-state index in [1.165, 1.54) is 5.39 Å². The second-order valence-electron chi connectivity index (χ2n) is 4.73. The number of aliphatic hydroxyl groups excluding tert-OH is 1. The van der Waals surface area contributed by atoms with Gasteiger partial charge in [0.15, 0.2) is 0 Å². The molecular weight excluding hydrogens is 248 g/mol. The molecule has 2 rings (SSSR count). The normalized spacial score (nSPS) is 16.0. The molecule has 1 aromatic heterocycles. The summed E-state index contributed by atoms with van der Waals surface area (Å²) in [7, 11) is 0. The fraction of sp³-hybridized carbons (Fsp3) is 0.429. The summed E-state index contributed by atoms with van der Waals surface area (Å²) in [5.74, 6) is 0.212. The van der Waals surface area contributed by atoms with Crippen LogP contribution >= 0.6 is 12.4 Å². The molecule has 0 bridgehead atoms. The second kappa shape index (κ2) is 6.23. The Morgan fingerprint density at radius 1 is 1.33 bits per heavy atom. The Hall–Kier alpha value is -1.03. The van der Waals surface area contributed by atoms with Crippen molar-refractivity contribution in [2.24, 2.45) is 11.7 Å². The Balaban J connectivity index is 0.00000162. The van der Waals surface area contributed by atoms with Gasteiger partial charge in [0.1, 0.15) is 0 Å². The lowest BCUT2D eigenvalue weighted by molar-refractivity contribution is 0.0880. The fourth-order valence-electron chi connectivity index (χ4n) is 2.07. The minimum absolute atomic E-state index is 0. The molecule has 100 valence electrons. The van der Waals surface area contributed by atoms with Crippen molar-refractivity contribution in [2.75, 3.05) is 0 Å². The van der Waals surface area contributed by atoms with Crippen molar-refractivity contribution in [3.8, 4) is 0 Å². The van der Waals surface area contributed by atoms with Gasteiger partial charge in [-0.2, -0.15) is 0 Å². The maximum absolute atomic E-state index is 10.1. The number of nitrogens with two attached hydrogens (primary N) is 1. The number of rotatable bonds is 4. The average molecular weight is 269 g/mol. The van der Waals surface area contributed by atoms with Gasteiger partial charge in [-0.3, -0.25) is 0 Å². The summed E-state index contributed by atoms with van der Waals surface area (Å²) in [5, 5.41) is 11.3. The number of benzene rings is 1. The van der Waals surface area contributed by atoms with Crippen LogP contribution in [0.3, 0.4) is 0 Å². The third-order valence-corrected chi connectivity index (χ3v) is 3.56. The summed E-state index contributed by atoms with van der Waals surface area (Å²) in [4.78, 5) is 3.16. The summed E-state index contributed by atoms with van der Waals surface area (Å²) in [6.45, 7) is 4.09. The van der Waals surface area contributed by atoms with Gasteiger partial charge in [0.25, 0.3) is 0 Å². The molecule has 0 fully saturated rings. The zero-order chi connectivity index (χ0) is 12.4. The molecule has 0 aliphatic carbocycles. The lowest BCUT2D eigenvalue weighted by atomic mass is 9.91. The minimum Gasteiger partial charge on any atom is -0.391 e. The molecule has 0 aliphatic heterocycles. The molecule has 0 radical (unpaired) electrons. The van der Waals surface area contributed by atoms with Crippen LogP contribution in [0.2, 0.25) is 0 Å². The molecule has 0 amide bonds. The first kappa shape index (κ1) is 15.0. The molecule has 0 saturated heterocycles. The Kier molecular flexibility index (Phi) is 5.20. The van der Waals surface area contributed by atoms with E-state index >= 15 is 0 Å². The van der Waals surface area contributed by atoms with Gasteiger partial charge in [-0.05, 0) is 29.0 Å². The Morgan fingerprint density at radius 2 is 2.06 bits per heavy atom. The van der Waals surface area contributed by atoms with E-state index in [4.69, 9.17) is 5.73 Å². The number of aliphatic hydroxyl groups is 1. The van der Waals surface area contributed by atoms with Gasteiger partial charge >= 0.3 is 0 Å². The minimum atomic E-state index is -0.493. The summed E-state index contributed by atoms with van der Waals surface area (Å²) in [6.07, 6.45) is 2.34. The van der Waals surface area contributed by atoms with E-state index in [0.717, 1.165) is 17.5 Å². The van der Waals surface area contributed by atoms with E-state index in [2.05, 4.69) is 11.9 Å². The number of hydrogen-bond acceptors (Lipinski definition) is 2. The Labute approximate surface area is 114 Å². The van der Waals surface area contributed by atoms with Crippen LogP contribution in [0.1, 0.15) is 31.9 Å². The topological polar surface area (TPSA) is 62.0 Å². The molecule has 4 heteroatoms. The molecule has 0 spiro atoms. The van der Waals surface area contributed by atoms with E-state index < -0.39 is 6.10 Å². The second-order valence-corrected chi connectivity index (χ2v) is 4.73. The van der Waals surface area contributed by atoms with Crippen LogP contribution in [-0.2, 0) is 0 Å². The zero-order valence-corrected chi connectivity index (χ0v) is 11.6. The van der Waals surface area contributed by atoms with Crippen LogP contribution in [0.15, 0.2) is 30.5 Å². The van der Waals surface area contributed by atoms with Crippen molar-refractivity contribution in [2.45, 2.75) is 32.4 Å². The molecule has 18 heavy (non-hydrogen) atoms. The standard InChI is InChI=1S/C14H20N2O.ClH/c1-3-9(2)14(17)13(15)11-5-4-10-6-7-16-12(10)8-11;/h4-9,13-14,16-17H,3,15H2,1-2H3;1H/t9?,13-,14+;/m0./s1. The van der Waals surface area contributed by atoms with Gasteiger partial charge in [0.05, 0.1) is 12.1 Å². The summed E-state index contributed by atoms with van der Waals surface area (Å²) in [5.41, 5.74) is 8.15. The van der Waals surface area contributed by atoms with Crippen molar-refractivity contribution >= 4 is 23.3 Å². The van der Waals surface area contributed by atoms with Gasteiger partial charge < -0.3 is 15.8 Å². The Bertz CT molecular complexity index is 497. The summed E-state index contributed by atoms with van der Waals surface area (Å²) in [6, 6.07) is 7.75. The molecule has 0 aliphatic rings. The Morgan fingerprint density at radius 3 is 2.72 bits per heavy atom. The van der Waals surface area contributed by atoms with Gasteiger partial charge in [-0.25, -0.2) is 0 Å². The number of fused-ring (bicyclic) bond motifs is 1. The van der Waals surface area contributed by atoms with Crippen LogP contribution in [0, 0.1) is 5.92 Å². The molecular formula is C14H21ClN2O. The quantitative estimate of drug-likeness (QED) is 0.798. The van der Waals surface area contributed by atoms with Crippen molar-refractivity contribution < 1.29 is 5.11 Å². The van der Waals surface area contributed by atoms with E-state index in [1.54, 1.807) is 0 Å². The monoisotopic (exact) mass is 268 g/mol. The van der Waals surface area contributed by atoms with Gasteiger partial charge in [-0.15, -0.1) is 12.4 Å². The predicted octanol–water partition coefficient (Wildman–Crippen LogP) is 3.00. The fourth-order valence-corrected chi connectivity index (χ4v) is 2.07. The molecule has 1 unspecified atom stereocenters. The van der Waals surface area contributed by atoms with Gasteiger partial charge in [0.2, 0.25) is 0 Å². The maximum Gasteiger partial charge on any atom is 0.0758 e. The molecule has 1 aromatic carbocycles. The molecule has 1 heterocycles. The van der Waals surface area contributed by atoms with Crippen LogP contribution in [0.25, 0.3) is 10.9 Å². The van der Waals surface area contributed by atoms with Crippen LogP contribution < -0.4 is 5.73 Å².